The molecule has 12 nitrogen and oxygen atoms in total. The minimum Gasteiger partial charge on any atom is -0.481 e. The van der Waals surface area contributed by atoms with Crippen molar-refractivity contribution in [1.82, 2.24) is 10.6 Å². The summed E-state index contributed by atoms with van der Waals surface area (Å²) in [4.78, 5) is 65.9. The number of carbonyl (C=O) groups is 6. The molecular formula is C23H38N2O10. The minimum absolute atomic E-state index is 0. The fraction of sp³-hybridized carbons (Fsp3) is 0.565. The normalized spacial score (nSPS) is 13.3. The van der Waals surface area contributed by atoms with Crippen LogP contribution in [-0.4, -0.2) is 82.0 Å². The van der Waals surface area contributed by atoms with E-state index in [2.05, 4.69) is 23.8 Å². The number of Topliss-reactive ketones (excluding diaryl/α,β-unsaturated/α-hetero) is 2. The van der Waals surface area contributed by atoms with E-state index in [1.165, 1.54) is 0 Å². The van der Waals surface area contributed by atoms with Gasteiger partial charge < -0.3 is 31.1 Å². The second kappa shape index (κ2) is 20.0. The number of carboxylic acids is 4. The number of rotatable bonds is 18. The van der Waals surface area contributed by atoms with E-state index in [-0.39, 0.29) is 31.8 Å². The predicted octanol–water partition coefficient (Wildman–Crippen LogP) is 1.21. The highest BCUT2D eigenvalue weighted by molar-refractivity contribution is 5.90. The van der Waals surface area contributed by atoms with Crippen LogP contribution < -0.4 is 10.6 Å². The zero-order valence-electron chi connectivity index (χ0n) is 19.4. The molecule has 0 aromatic heterocycles. The minimum atomic E-state index is -1.27. The van der Waals surface area contributed by atoms with Gasteiger partial charge >= 0.3 is 23.9 Å². The van der Waals surface area contributed by atoms with Crippen LogP contribution in [0.4, 0.5) is 0 Å². The number of aliphatic carboxylic acids is 4. The Bertz CT molecular complexity index is 689. The van der Waals surface area contributed by atoms with Crippen LogP contribution in [0.15, 0.2) is 25.3 Å². The predicted molar refractivity (Wildman–Crippen MR) is 128 cm³/mol. The smallest absolute Gasteiger partial charge is 0.307 e. The molecule has 0 heterocycles. The van der Waals surface area contributed by atoms with E-state index in [4.69, 9.17) is 20.4 Å². The molecule has 4 atom stereocenters. The first-order chi connectivity index (χ1) is 15.8. The lowest BCUT2D eigenvalue weighted by Gasteiger charge is -2.15. The van der Waals surface area contributed by atoms with Gasteiger partial charge in [0.25, 0.3) is 0 Å². The van der Waals surface area contributed by atoms with Gasteiger partial charge in [-0.15, -0.1) is 13.2 Å². The fourth-order valence-electron chi connectivity index (χ4n) is 2.84. The summed E-state index contributed by atoms with van der Waals surface area (Å²) < 4.78 is 0. The highest BCUT2D eigenvalue weighted by Crippen LogP contribution is 2.13. The molecule has 0 saturated heterocycles. The van der Waals surface area contributed by atoms with Crippen molar-refractivity contribution < 1.29 is 49.2 Å². The molecule has 200 valence electrons. The molecule has 0 amide bonds. The molecule has 0 aromatic rings. The van der Waals surface area contributed by atoms with E-state index in [0.717, 1.165) is 0 Å². The third-order valence-electron chi connectivity index (χ3n) is 4.71. The molecule has 0 bridgehead atoms. The van der Waals surface area contributed by atoms with Crippen molar-refractivity contribution in [1.29, 1.82) is 0 Å². The van der Waals surface area contributed by atoms with Crippen molar-refractivity contribution in [3.63, 3.8) is 0 Å². The topological polar surface area (TPSA) is 207 Å². The van der Waals surface area contributed by atoms with E-state index >= 15 is 0 Å². The van der Waals surface area contributed by atoms with Crippen molar-refractivity contribution >= 4 is 35.4 Å². The van der Waals surface area contributed by atoms with Gasteiger partial charge in [-0.2, -0.15) is 0 Å². The van der Waals surface area contributed by atoms with Crippen LogP contribution in [-0.2, 0) is 28.8 Å². The molecule has 4 unspecified atom stereocenters. The van der Waals surface area contributed by atoms with Crippen LogP contribution in [0.3, 0.4) is 0 Å². The number of ketones is 2. The monoisotopic (exact) mass is 502 g/mol. The first kappa shape index (κ1) is 36.2. The van der Waals surface area contributed by atoms with Gasteiger partial charge in [0, 0.05) is 12.8 Å². The van der Waals surface area contributed by atoms with Gasteiger partial charge in [-0.3, -0.25) is 28.8 Å². The quantitative estimate of drug-likeness (QED) is 0.146. The number of carbonyl (C=O) groups excluding carboxylic acids is 2. The van der Waals surface area contributed by atoms with Gasteiger partial charge in [0.2, 0.25) is 0 Å². The number of nitrogens with one attached hydrogen (secondary N) is 2. The number of carboxylic acid groups (broad SMARTS) is 4. The molecule has 0 radical (unpaired) electrons. The molecule has 0 saturated carbocycles. The Morgan fingerprint density at radius 1 is 0.657 bits per heavy atom. The van der Waals surface area contributed by atoms with Gasteiger partial charge in [0.1, 0.15) is 0 Å². The zero-order chi connectivity index (χ0) is 26.8. The van der Waals surface area contributed by atoms with Crippen molar-refractivity contribution in [2.24, 2.45) is 11.8 Å². The van der Waals surface area contributed by atoms with Crippen molar-refractivity contribution in [3.05, 3.63) is 25.3 Å². The lowest BCUT2D eigenvalue weighted by molar-refractivity contribution is -0.149. The molecule has 0 aromatic carbocycles. The summed E-state index contributed by atoms with van der Waals surface area (Å²) in [5.74, 6) is -7.99. The van der Waals surface area contributed by atoms with Gasteiger partial charge in [0.15, 0.2) is 11.6 Å². The summed E-state index contributed by atoms with van der Waals surface area (Å²) in [5, 5.41) is 40.2. The molecule has 0 aliphatic rings. The fourth-order valence-corrected chi connectivity index (χ4v) is 2.84. The highest BCUT2D eigenvalue weighted by atomic mass is 16.4. The molecule has 6 N–H and O–H groups in total. The van der Waals surface area contributed by atoms with E-state index in [1.807, 2.05) is 0 Å². The molecular weight excluding hydrogens is 464 g/mol. The van der Waals surface area contributed by atoms with E-state index in [1.54, 1.807) is 26.2 Å². The Morgan fingerprint density at radius 2 is 0.943 bits per heavy atom. The van der Waals surface area contributed by atoms with Crippen LogP contribution in [0.2, 0.25) is 0 Å². The average molecular weight is 503 g/mol. The van der Waals surface area contributed by atoms with Crippen LogP contribution in [0.25, 0.3) is 0 Å². The largest absolute Gasteiger partial charge is 0.481 e. The summed E-state index contributed by atoms with van der Waals surface area (Å²) in [7, 11) is 3.16. The van der Waals surface area contributed by atoms with Gasteiger partial charge in [-0.25, -0.2) is 0 Å². The number of hydrogen-bond acceptors (Lipinski definition) is 8. The van der Waals surface area contributed by atoms with Crippen LogP contribution in [0.5, 0.6) is 0 Å². The maximum Gasteiger partial charge on any atom is 0.307 e. The van der Waals surface area contributed by atoms with E-state index < -0.39 is 60.6 Å². The maximum absolute atomic E-state index is 11.7. The Hall–Kier alpha value is -3.38. The summed E-state index contributed by atoms with van der Waals surface area (Å²) in [6.45, 7) is 6.98. The molecule has 0 rings (SSSR count). The van der Waals surface area contributed by atoms with Crippen molar-refractivity contribution in [2.75, 3.05) is 14.1 Å². The number of hydrogen-bond donors (Lipinski definition) is 6. The third-order valence-corrected chi connectivity index (χ3v) is 4.71. The first-order valence-corrected chi connectivity index (χ1v) is 10.3. The first-order valence-electron chi connectivity index (χ1n) is 10.3. The Balaban J connectivity index is -0.000000569. The van der Waals surface area contributed by atoms with E-state index in [9.17, 15) is 28.8 Å². The molecule has 35 heavy (non-hydrogen) atoms. The Kier molecular flexibility index (Phi) is 20.7. The lowest BCUT2D eigenvalue weighted by atomic mass is 9.94. The molecule has 0 spiro atoms. The SMILES string of the molecule is C.C=CCC(NC)C(=O)CC(CC(=O)O)C(=O)O.C=CCC(NC)C(=O)CC(CC(=O)O)C(=O)O. The lowest BCUT2D eigenvalue weighted by Crippen LogP contribution is -2.36. The van der Waals surface area contributed by atoms with Crippen LogP contribution >= 0.6 is 0 Å². The Labute approximate surface area is 205 Å². The highest BCUT2D eigenvalue weighted by Gasteiger charge is 2.28. The zero-order valence-corrected chi connectivity index (χ0v) is 19.4. The van der Waals surface area contributed by atoms with E-state index in [0.29, 0.717) is 12.8 Å². The summed E-state index contributed by atoms with van der Waals surface area (Å²) >= 11 is 0. The van der Waals surface area contributed by atoms with Crippen molar-refractivity contribution in [2.45, 2.75) is 58.0 Å². The second-order valence-electron chi connectivity index (χ2n) is 7.34. The summed E-state index contributed by atoms with van der Waals surface area (Å²) in [5.41, 5.74) is 0. The molecule has 0 aliphatic heterocycles. The maximum atomic E-state index is 11.7. The van der Waals surface area contributed by atoms with Gasteiger partial charge in [-0.1, -0.05) is 19.6 Å². The van der Waals surface area contributed by atoms with Gasteiger partial charge in [-0.05, 0) is 26.9 Å². The third kappa shape index (κ3) is 16.8. The standard InChI is InChI=1S/2C11H17NO5.CH4/c2*1-3-4-8(12-2)9(13)5-7(11(16)17)6-10(14)15;/h2*3,7-8,12H,1,4-6H2,2H3,(H,14,15)(H,16,17);1H4. The van der Waals surface area contributed by atoms with Crippen LogP contribution in [0.1, 0.15) is 46.0 Å². The molecule has 12 heteroatoms. The second-order valence-corrected chi connectivity index (χ2v) is 7.34. The molecule has 0 aliphatic carbocycles. The molecule has 0 fully saturated rings. The summed E-state index contributed by atoms with van der Waals surface area (Å²) in [6, 6.07) is -1.02. The number of likely N-dealkylation sites (N-methyl/N-ethyl adjacent to an activating group) is 2. The average Bonchev–Trinajstić information content (AvgIpc) is 2.74. The van der Waals surface area contributed by atoms with Crippen molar-refractivity contribution in [3.8, 4) is 0 Å². The van der Waals surface area contributed by atoms with Crippen LogP contribution in [0, 0.1) is 11.8 Å². The van der Waals surface area contributed by atoms with Gasteiger partial charge in [0.05, 0.1) is 36.8 Å². The summed E-state index contributed by atoms with van der Waals surface area (Å²) in [6.07, 6.45) is 2.18. The Morgan fingerprint density at radius 3 is 1.11 bits per heavy atom.